The molecule has 1 unspecified atom stereocenters. The van der Waals surface area contributed by atoms with E-state index in [1.54, 1.807) is 40.3 Å². The van der Waals surface area contributed by atoms with Crippen LogP contribution in [0.2, 0.25) is 0 Å². The van der Waals surface area contributed by atoms with Crippen LogP contribution in [0.15, 0.2) is 12.1 Å². The van der Waals surface area contributed by atoms with Gasteiger partial charge in [0.1, 0.15) is 5.67 Å². The summed E-state index contributed by atoms with van der Waals surface area (Å²) in [5, 5.41) is 2.85. The zero-order valence-corrected chi connectivity index (χ0v) is 11.1. The fourth-order valence-corrected chi connectivity index (χ4v) is 1.97. The van der Waals surface area contributed by atoms with Crippen molar-refractivity contribution in [2.24, 2.45) is 0 Å². The molecule has 3 nitrogen and oxygen atoms in total. The van der Waals surface area contributed by atoms with Crippen molar-refractivity contribution in [1.29, 1.82) is 0 Å². The summed E-state index contributed by atoms with van der Waals surface area (Å²) in [6.07, 6.45) is 0. The van der Waals surface area contributed by atoms with Gasteiger partial charge in [-0.15, -0.1) is 0 Å². The Balaban J connectivity index is 3.25. The first-order valence-electron chi connectivity index (χ1n) is 5.53. The molecule has 0 radical (unpaired) electrons. The van der Waals surface area contributed by atoms with Crippen molar-refractivity contribution in [3.8, 4) is 11.5 Å². The van der Waals surface area contributed by atoms with Crippen LogP contribution in [0, 0.1) is 6.92 Å². The predicted octanol–water partition coefficient (Wildman–Crippen LogP) is 2.42. The standard InChI is InChI=1S/C13H20FNO2/c1-9-6-11(16-4)12(17-5)7-10(9)13(2,14)8-15-3/h6-7,15H,8H2,1-5H3. The van der Waals surface area contributed by atoms with Crippen molar-refractivity contribution in [3.05, 3.63) is 23.3 Å². The molecule has 0 aliphatic heterocycles. The van der Waals surface area contributed by atoms with Gasteiger partial charge in [-0.25, -0.2) is 4.39 Å². The monoisotopic (exact) mass is 241 g/mol. The molecule has 0 heterocycles. The number of aryl methyl sites for hydroxylation is 1. The smallest absolute Gasteiger partial charge is 0.161 e. The van der Waals surface area contributed by atoms with E-state index in [2.05, 4.69) is 5.32 Å². The third-order valence-corrected chi connectivity index (χ3v) is 2.80. The van der Waals surface area contributed by atoms with Gasteiger partial charge in [0.2, 0.25) is 0 Å². The first-order chi connectivity index (χ1) is 7.96. The van der Waals surface area contributed by atoms with Gasteiger partial charge in [0.05, 0.1) is 14.2 Å². The van der Waals surface area contributed by atoms with Gasteiger partial charge in [-0.1, -0.05) is 0 Å². The minimum Gasteiger partial charge on any atom is -0.493 e. The lowest BCUT2D eigenvalue weighted by Gasteiger charge is -2.24. The molecule has 17 heavy (non-hydrogen) atoms. The molecule has 0 aromatic heterocycles. The van der Waals surface area contributed by atoms with E-state index in [1.165, 1.54) is 0 Å². The Morgan fingerprint density at radius 1 is 1.24 bits per heavy atom. The first-order valence-corrected chi connectivity index (χ1v) is 5.53. The number of likely N-dealkylation sites (N-methyl/N-ethyl adjacent to an activating group) is 1. The maximum atomic E-state index is 14.5. The topological polar surface area (TPSA) is 30.5 Å². The Hall–Kier alpha value is -1.29. The zero-order valence-electron chi connectivity index (χ0n) is 11.1. The second kappa shape index (κ2) is 5.36. The van der Waals surface area contributed by atoms with Gasteiger partial charge in [-0.2, -0.15) is 0 Å². The fraction of sp³-hybridized carbons (Fsp3) is 0.538. The molecule has 1 rings (SSSR count). The van der Waals surface area contributed by atoms with Crippen molar-refractivity contribution in [3.63, 3.8) is 0 Å². The Labute approximate surface area is 102 Å². The summed E-state index contributed by atoms with van der Waals surface area (Å²) in [5.74, 6) is 1.17. The van der Waals surface area contributed by atoms with Crippen molar-refractivity contribution in [2.45, 2.75) is 19.5 Å². The van der Waals surface area contributed by atoms with Gasteiger partial charge >= 0.3 is 0 Å². The number of ether oxygens (including phenoxy) is 2. The maximum absolute atomic E-state index is 14.5. The van der Waals surface area contributed by atoms with Gasteiger partial charge in [-0.05, 0) is 44.2 Å². The Kier molecular flexibility index (Phi) is 4.34. The molecule has 0 aliphatic rings. The van der Waals surface area contributed by atoms with E-state index in [9.17, 15) is 4.39 Å². The van der Waals surface area contributed by atoms with Gasteiger partial charge in [0.15, 0.2) is 11.5 Å². The number of hydrogen-bond donors (Lipinski definition) is 1. The van der Waals surface area contributed by atoms with Gasteiger partial charge in [-0.3, -0.25) is 0 Å². The van der Waals surface area contributed by atoms with Crippen LogP contribution < -0.4 is 14.8 Å². The Morgan fingerprint density at radius 3 is 2.24 bits per heavy atom. The molecule has 0 fully saturated rings. The van der Waals surface area contributed by atoms with Crippen molar-refractivity contribution in [1.82, 2.24) is 5.32 Å². The van der Waals surface area contributed by atoms with Crippen molar-refractivity contribution < 1.29 is 13.9 Å². The number of hydrogen-bond acceptors (Lipinski definition) is 3. The highest BCUT2D eigenvalue weighted by Crippen LogP contribution is 2.36. The highest BCUT2D eigenvalue weighted by atomic mass is 19.1. The molecule has 1 aromatic carbocycles. The second-order valence-corrected chi connectivity index (χ2v) is 4.25. The SMILES string of the molecule is CNCC(C)(F)c1cc(OC)c(OC)cc1C. The minimum atomic E-state index is -1.43. The summed E-state index contributed by atoms with van der Waals surface area (Å²) in [5.41, 5.74) is 0.0330. The molecule has 0 saturated heterocycles. The number of halogens is 1. The molecule has 1 atom stereocenters. The Bertz CT molecular complexity index is 391. The van der Waals surface area contributed by atoms with E-state index >= 15 is 0 Å². The van der Waals surface area contributed by atoms with Gasteiger partial charge in [0.25, 0.3) is 0 Å². The molecule has 0 bridgehead atoms. The Morgan fingerprint density at radius 2 is 1.76 bits per heavy atom. The molecular formula is C13H20FNO2. The van der Waals surface area contributed by atoms with Crippen LogP contribution in [-0.4, -0.2) is 27.8 Å². The predicted molar refractivity (Wildman–Crippen MR) is 66.7 cm³/mol. The van der Waals surface area contributed by atoms with Crippen LogP contribution in [0.4, 0.5) is 4.39 Å². The summed E-state index contributed by atoms with van der Waals surface area (Å²) in [6, 6.07) is 3.49. The van der Waals surface area contributed by atoms with E-state index in [4.69, 9.17) is 9.47 Å². The summed E-state index contributed by atoms with van der Waals surface area (Å²) >= 11 is 0. The summed E-state index contributed by atoms with van der Waals surface area (Å²) in [7, 11) is 4.84. The quantitative estimate of drug-likeness (QED) is 0.858. The average Bonchev–Trinajstić information content (AvgIpc) is 2.28. The maximum Gasteiger partial charge on any atom is 0.161 e. The lowest BCUT2D eigenvalue weighted by atomic mass is 9.93. The molecule has 0 aliphatic carbocycles. The lowest BCUT2D eigenvalue weighted by molar-refractivity contribution is 0.189. The zero-order chi connectivity index (χ0) is 13.1. The molecule has 0 spiro atoms. The summed E-state index contributed by atoms with van der Waals surface area (Å²) < 4.78 is 24.9. The van der Waals surface area contributed by atoms with E-state index in [0.29, 0.717) is 17.1 Å². The normalized spacial score (nSPS) is 14.2. The van der Waals surface area contributed by atoms with Gasteiger partial charge in [0, 0.05) is 6.54 Å². The third-order valence-electron chi connectivity index (χ3n) is 2.80. The van der Waals surface area contributed by atoms with Crippen LogP contribution in [0.25, 0.3) is 0 Å². The number of methoxy groups -OCH3 is 2. The molecule has 1 N–H and O–H groups in total. The van der Waals surface area contributed by atoms with Crippen LogP contribution in [0.5, 0.6) is 11.5 Å². The van der Waals surface area contributed by atoms with Crippen LogP contribution in [0.3, 0.4) is 0 Å². The highest BCUT2D eigenvalue weighted by molar-refractivity contribution is 5.48. The highest BCUT2D eigenvalue weighted by Gasteiger charge is 2.28. The number of benzene rings is 1. The lowest BCUT2D eigenvalue weighted by Crippen LogP contribution is -2.30. The first kappa shape index (κ1) is 13.8. The number of nitrogens with one attached hydrogen (secondary N) is 1. The van der Waals surface area contributed by atoms with Crippen LogP contribution >= 0.6 is 0 Å². The largest absolute Gasteiger partial charge is 0.493 e. The molecule has 0 amide bonds. The van der Waals surface area contributed by atoms with E-state index in [-0.39, 0.29) is 6.54 Å². The number of rotatable bonds is 5. The minimum absolute atomic E-state index is 0.253. The molecule has 0 saturated carbocycles. The number of alkyl halides is 1. The van der Waals surface area contributed by atoms with E-state index < -0.39 is 5.67 Å². The van der Waals surface area contributed by atoms with Gasteiger partial charge < -0.3 is 14.8 Å². The van der Waals surface area contributed by atoms with Crippen molar-refractivity contribution >= 4 is 0 Å². The average molecular weight is 241 g/mol. The fourth-order valence-electron chi connectivity index (χ4n) is 1.97. The molecular weight excluding hydrogens is 221 g/mol. The van der Waals surface area contributed by atoms with E-state index in [1.807, 2.05) is 6.92 Å². The van der Waals surface area contributed by atoms with Crippen molar-refractivity contribution in [2.75, 3.05) is 27.8 Å². The molecule has 1 aromatic rings. The molecule has 96 valence electrons. The van der Waals surface area contributed by atoms with E-state index in [0.717, 1.165) is 5.56 Å². The molecule has 4 heteroatoms. The van der Waals surface area contributed by atoms with Crippen LogP contribution in [0.1, 0.15) is 18.1 Å². The summed E-state index contributed by atoms with van der Waals surface area (Å²) in [6.45, 7) is 3.67. The second-order valence-electron chi connectivity index (χ2n) is 4.25. The van der Waals surface area contributed by atoms with Crippen LogP contribution in [-0.2, 0) is 5.67 Å². The third kappa shape index (κ3) is 2.88. The summed E-state index contributed by atoms with van der Waals surface area (Å²) in [4.78, 5) is 0.